The first-order valence-electron chi connectivity index (χ1n) is 5.52. The zero-order valence-corrected chi connectivity index (χ0v) is 12.6. The summed E-state index contributed by atoms with van der Waals surface area (Å²) in [6.07, 6.45) is 0.624. The van der Waals surface area contributed by atoms with Crippen molar-refractivity contribution in [2.75, 3.05) is 0 Å². The molecule has 1 unspecified atom stereocenters. The third-order valence-corrected chi connectivity index (χ3v) is 4.60. The van der Waals surface area contributed by atoms with Gasteiger partial charge < -0.3 is 5.73 Å². The molecule has 0 aliphatic heterocycles. The van der Waals surface area contributed by atoms with E-state index in [2.05, 4.69) is 20.7 Å². The van der Waals surface area contributed by atoms with Crippen LogP contribution in [0.1, 0.15) is 25.8 Å². The number of benzene rings is 1. The Morgan fingerprint density at radius 3 is 2.61 bits per heavy atom. The summed E-state index contributed by atoms with van der Waals surface area (Å²) in [5.74, 6) is -0.795. The molecule has 0 saturated carbocycles. The molecule has 0 aromatic heterocycles. The van der Waals surface area contributed by atoms with E-state index in [-0.39, 0.29) is 23.0 Å². The lowest BCUT2D eigenvalue weighted by molar-refractivity contribution is 0.534. The molecule has 0 heterocycles. The fourth-order valence-corrected chi connectivity index (χ4v) is 3.50. The van der Waals surface area contributed by atoms with Crippen molar-refractivity contribution in [1.29, 1.82) is 0 Å². The summed E-state index contributed by atoms with van der Waals surface area (Å²) in [7, 11) is -3.87. The summed E-state index contributed by atoms with van der Waals surface area (Å²) in [6, 6.07) is 2.45. The van der Waals surface area contributed by atoms with E-state index in [9.17, 15) is 12.8 Å². The molecule has 0 aliphatic carbocycles. The Balaban J connectivity index is 3.28. The van der Waals surface area contributed by atoms with Gasteiger partial charge in [-0.25, -0.2) is 17.5 Å². The standard InChI is InChI=1S/C11H16BrFN2O2S/c1-3-7(2)15-18(16,17)10-5-9(12)4-8(6-14)11(10)13/h4-5,7,15H,3,6,14H2,1-2H3. The number of sulfonamides is 1. The monoisotopic (exact) mass is 338 g/mol. The van der Waals surface area contributed by atoms with Crippen molar-refractivity contribution < 1.29 is 12.8 Å². The molecule has 3 N–H and O–H groups in total. The Bertz CT molecular complexity index is 534. The first-order chi connectivity index (χ1) is 8.31. The van der Waals surface area contributed by atoms with Crippen LogP contribution in [-0.4, -0.2) is 14.5 Å². The summed E-state index contributed by atoms with van der Waals surface area (Å²) in [5.41, 5.74) is 5.54. The lowest BCUT2D eigenvalue weighted by atomic mass is 10.2. The van der Waals surface area contributed by atoms with Gasteiger partial charge in [0, 0.05) is 22.6 Å². The number of hydrogen-bond acceptors (Lipinski definition) is 3. The summed E-state index contributed by atoms with van der Waals surface area (Å²) in [4.78, 5) is -0.377. The number of nitrogens with one attached hydrogen (secondary N) is 1. The van der Waals surface area contributed by atoms with Gasteiger partial charge in [0.1, 0.15) is 10.7 Å². The van der Waals surface area contributed by atoms with Crippen LogP contribution in [0, 0.1) is 5.82 Å². The van der Waals surface area contributed by atoms with Gasteiger partial charge in [0.2, 0.25) is 10.0 Å². The smallest absolute Gasteiger partial charge is 0.243 e. The Kier molecular flexibility index (Phi) is 5.27. The van der Waals surface area contributed by atoms with Crippen molar-refractivity contribution in [2.24, 2.45) is 5.73 Å². The average molecular weight is 339 g/mol. The third kappa shape index (κ3) is 3.50. The van der Waals surface area contributed by atoms with Crippen molar-refractivity contribution in [3.05, 3.63) is 28.0 Å². The predicted molar refractivity (Wildman–Crippen MR) is 72.1 cm³/mol. The molecule has 4 nitrogen and oxygen atoms in total. The minimum Gasteiger partial charge on any atom is -0.326 e. The van der Waals surface area contributed by atoms with Crippen LogP contribution in [0.4, 0.5) is 4.39 Å². The van der Waals surface area contributed by atoms with Crippen molar-refractivity contribution in [1.82, 2.24) is 4.72 Å². The molecule has 0 aliphatic rings. The first-order valence-corrected chi connectivity index (χ1v) is 7.79. The molecule has 1 atom stereocenters. The molecule has 0 fully saturated rings. The highest BCUT2D eigenvalue weighted by molar-refractivity contribution is 9.10. The van der Waals surface area contributed by atoms with Gasteiger partial charge in [-0.15, -0.1) is 0 Å². The van der Waals surface area contributed by atoms with Crippen LogP contribution in [0.15, 0.2) is 21.5 Å². The quantitative estimate of drug-likeness (QED) is 0.863. The molecular formula is C11H16BrFN2O2S. The van der Waals surface area contributed by atoms with E-state index in [0.717, 1.165) is 0 Å². The van der Waals surface area contributed by atoms with Gasteiger partial charge >= 0.3 is 0 Å². The number of hydrogen-bond donors (Lipinski definition) is 2. The van der Waals surface area contributed by atoms with E-state index in [1.54, 1.807) is 6.92 Å². The van der Waals surface area contributed by atoms with Crippen LogP contribution in [0.5, 0.6) is 0 Å². The molecule has 7 heteroatoms. The SMILES string of the molecule is CCC(C)NS(=O)(=O)c1cc(Br)cc(CN)c1F. The van der Waals surface area contributed by atoms with Gasteiger partial charge in [-0.05, 0) is 25.5 Å². The molecule has 0 amide bonds. The minimum atomic E-state index is -3.87. The van der Waals surface area contributed by atoms with E-state index in [4.69, 9.17) is 5.73 Å². The largest absolute Gasteiger partial charge is 0.326 e. The van der Waals surface area contributed by atoms with E-state index >= 15 is 0 Å². The maximum Gasteiger partial charge on any atom is 0.243 e. The zero-order chi connectivity index (χ0) is 13.9. The topological polar surface area (TPSA) is 72.2 Å². The normalized spacial score (nSPS) is 13.6. The molecule has 102 valence electrons. The molecule has 0 saturated heterocycles. The van der Waals surface area contributed by atoms with Gasteiger partial charge in [-0.1, -0.05) is 22.9 Å². The third-order valence-electron chi connectivity index (χ3n) is 2.56. The lowest BCUT2D eigenvalue weighted by Gasteiger charge is -2.14. The summed E-state index contributed by atoms with van der Waals surface area (Å²) < 4.78 is 40.9. The second kappa shape index (κ2) is 6.10. The minimum absolute atomic E-state index is 0.0584. The molecule has 1 aromatic carbocycles. The van der Waals surface area contributed by atoms with Crippen molar-refractivity contribution >= 4 is 26.0 Å². The van der Waals surface area contributed by atoms with Gasteiger partial charge in [0.15, 0.2) is 0 Å². The Labute approximate surface area is 115 Å². The van der Waals surface area contributed by atoms with Crippen LogP contribution in [0.2, 0.25) is 0 Å². The fourth-order valence-electron chi connectivity index (χ4n) is 1.37. The molecule has 0 spiro atoms. The van der Waals surface area contributed by atoms with E-state index < -0.39 is 15.8 Å². The van der Waals surface area contributed by atoms with Crippen LogP contribution < -0.4 is 10.5 Å². The maximum atomic E-state index is 14.0. The Morgan fingerprint density at radius 1 is 1.50 bits per heavy atom. The highest BCUT2D eigenvalue weighted by Crippen LogP contribution is 2.24. The average Bonchev–Trinajstić information content (AvgIpc) is 2.30. The molecule has 18 heavy (non-hydrogen) atoms. The summed E-state index contributed by atoms with van der Waals surface area (Å²) in [6.45, 7) is 3.50. The van der Waals surface area contributed by atoms with Gasteiger partial charge in [0.25, 0.3) is 0 Å². The summed E-state index contributed by atoms with van der Waals surface area (Å²) >= 11 is 3.15. The van der Waals surface area contributed by atoms with Crippen LogP contribution in [-0.2, 0) is 16.6 Å². The van der Waals surface area contributed by atoms with Crippen LogP contribution in [0.3, 0.4) is 0 Å². The van der Waals surface area contributed by atoms with E-state index in [1.807, 2.05) is 6.92 Å². The molecule has 0 radical (unpaired) electrons. The second-order valence-corrected chi connectivity index (χ2v) is 6.61. The number of nitrogens with two attached hydrogens (primary N) is 1. The molecule has 0 bridgehead atoms. The van der Waals surface area contributed by atoms with Crippen LogP contribution >= 0.6 is 15.9 Å². The first kappa shape index (κ1) is 15.6. The maximum absolute atomic E-state index is 14.0. The van der Waals surface area contributed by atoms with Gasteiger partial charge in [-0.3, -0.25) is 0 Å². The zero-order valence-electron chi connectivity index (χ0n) is 10.2. The number of rotatable bonds is 5. The summed E-state index contributed by atoms with van der Waals surface area (Å²) in [5, 5.41) is 0. The fraction of sp³-hybridized carbons (Fsp3) is 0.455. The number of halogens is 2. The second-order valence-electron chi connectivity index (χ2n) is 4.01. The molecule has 1 rings (SSSR count). The van der Waals surface area contributed by atoms with E-state index in [0.29, 0.717) is 10.9 Å². The molecular weight excluding hydrogens is 323 g/mol. The Hall–Kier alpha value is -0.500. The van der Waals surface area contributed by atoms with Crippen molar-refractivity contribution in [3.8, 4) is 0 Å². The highest BCUT2D eigenvalue weighted by Gasteiger charge is 2.23. The predicted octanol–water partition coefficient (Wildman–Crippen LogP) is 2.12. The molecule has 1 aromatic rings. The van der Waals surface area contributed by atoms with Gasteiger partial charge in [0.05, 0.1) is 0 Å². The van der Waals surface area contributed by atoms with Crippen molar-refractivity contribution in [2.45, 2.75) is 37.8 Å². The lowest BCUT2D eigenvalue weighted by Crippen LogP contribution is -2.32. The van der Waals surface area contributed by atoms with E-state index in [1.165, 1.54) is 12.1 Å². The van der Waals surface area contributed by atoms with Gasteiger partial charge in [-0.2, -0.15) is 0 Å². The highest BCUT2D eigenvalue weighted by atomic mass is 79.9. The van der Waals surface area contributed by atoms with Crippen molar-refractivity contribution in [3.63, 3.8) is 0 Å². The Morgan fingerprint density at radius 2 is 2.11 bits per heavy atom. The van der Waals surface area contributed by atoms with Crippen LogP contribution in [0.25, 0.3) is 0 Å².